The fourth-order valence-corrected chi connectivity index (χ4v) is 3.51. The van der Waals surface area contributed by atoms with E-state index in [0.717, 1.165) is 38.3 Å². The minimum Gasteiger partial charge on any atom is -0.495 e. The first kappa shape index (κ1) is 22.6. The van der Waals surface area contributed by atoms with E-state index < -0.39 is 11.7 Å². The third kappa shape index (κ3) is 5.56. The number of benzene rings is 1. The summed E-state index contributed by atoms with van der Waals surface area (Å²) in [5.74, 6) is -0.0980. The molecular weight excluding hydrogens is 411 g/mol. The van der Waals surface area contributed by atoms with E-state index in [4.69, 9.17) is 4.74 Å². The summed E-state index contributed by atoms with van der Waals surface area (Å²) in [6.07, 6.45) is 0.860. The van der Waals surface area contributed by atoms with Crippen molar-refractivity contribution in [3.05, 3.63) is 35.5 Å². The second-order valence-electron chi connectivity index (χ2n) is 7.67. The highest BCUT2D eigenvalue weighted by Crippen LogP contribution is 2.36. The highest BCUT2D eigenvalue weighted by atomic mass is 19.4. The van der Waals surface area contributed by atoms with Gasteiger partial charge in [-0.3, -0.25) is 4.79 Å². The molecule has 1 amide bonds. The van der Waals surface area contributed by atoms with Crippen molar-refractivity contribution in [3.63, 3.8) is 0 Å². The van der Waals surface area contributed by atoms with Gasteiger partial charge in [-0.05, 0) is 31.0 Å². The summed E-state index contributed by atoms with van der Waals surface area (Å²) in [5, 5.41) is 5.85. The van der Waals surface area contributed by atoms with E-state index in [1.54, 1.807) is 32.3 Å². The molecule has 1 aliphatic rings. The summed E-state index contributed by atoms with van der Waals surface area (Å²) < 4.78 is 45.7. The van der Waals surface area contributed by atoms with Crippen molar-refractivity contribution in [1.29, 1.82) is 0 Å². The molecule has 0 bridgehead atoms. The number of nitrogens with one attached hydrogen (secondary N) is 2. The zero-order valence-corrected chi connectivity index (χ0v) is 17.7. The first-order chi connectivity index (χ1) is 14.7. The third-order valence-electron chi connectivity index (χ3n) is 5.14. The predicted octanol–water partition coefficient (Wildman–Crippen LogP) is 4.69. The molecule has 0 atom stereocenters. The molecule has 31 heavy (non-hydrogen) atoms. The van der Waals surface area contributed by atoms with Crippen molar-refractivity contribution < 1.29 is 22.7 Å². The number of methoxy groups -OCH3 is 1. The number of halogens is 3. The molecule has 0 unspecified atom stereocenters. The van der Waals surface area contributed by atoms with Crippen LogP contribution in [0.15, 0.2) is 24.4 Å². The monoisotopic (exact) mass is 437 g/mol. The summed E-state index contributed by atoms with van der Waals surface area (Å²) in [4.78, 5) is 21.5. The Labute approximate surface area is 179 Å². The van der Waals surface area contributed by atoms with E-state index in [0.29, 0.717) is 17.0 Å². The number of carbonyl (C=O) groups is 1. The van der Waals surface area contributed by atoms with Crippen LogP contribution in [0.2, 0.25) is 0 Å². The molecule has 1 fully saturated rings. The van der Waals surface area contributed by atoms with Crippen LogP contribution in [0.25, 0.3) is 0 Å². The molecule has 0 aliphatic heterocycles. The van der Waals surface area contributed by atoms with Crippen LogP contribution >= 0.6 is 0 Å². The van der Waals surface area contributed by atoms with Crippen molar-refractivity contribution in [2.24, 2.45) is 0 Å². The molecule has 0 radical (unpaired) electrons. The number of hydrogen-bond donors (Lipinski definition) is 2. The van der Waals surface area contributed by atoms with Gasteiger partial charge in [-0.2, -0.15) is 18.2 Å². The van der Waals surface area contributed by atoms with Gasteiger partial charge in [-0.1, -0.05) is 19.3 Å². The van der Waals surface area contributed by atoms with Gasteiger partial charge in [0.1, 0.15) is 17.1 Å². The number of aromatic nitrogens is 2. The summed E-state index contributed by atoms with van der Waals surface area (Å²) in [5.41, 5.74) is -0.0518. The van der Waals surface area contributed by atoms with E-state index in [-0.39, 0.29) is 23.7 Å². The van der Waals surface area contributed by atoms with Gasteiger partial charge in [0.05, 0.1) is 12.8 Å². The van der Waals surface area contributed by atoms with Gasteiger partial charge >= 0.3 is 6.18 Å². The van der Waals surface area contributed by atoms with Gasteiger partial charge in [0.15, 0.2) is 0 Å². The lowest BCUT2D eigenvalue weighted by atomic mass is 9.95. The number of ether oxygens (including phenoxy) is 1. The maximum Gasteiger partial charge on any atom is 0.421 e. The summed E-state index contributed by atoms with van der Waals surface area (Å²) in [6, 6.07) is 4.70. The van der Waals surface area contributed by atoms with Crippen LogP contribution in [0.3, 0.4) is 0 Å². The number of alkyl halides is 3. The standard InChI is InChI=1S/C21H26F3N5O2/c1-29(2)19(30)13-9-10-16(17(11-13)31-3)27-20-25-12-15(21(22,23)24)18(28-20)26-14-7-5-4-6-8-14/h9-12,14H,4-8H2,1-3H3,(H2,25,26,27,28). The minimum absolute atomic E-state index is 0.00343. The SMILES string of the molecule is COc1cc(C(=O)N(C)C)ccc1Nc1ncc(C(F)(F)F)c(NC2CCCCC2)n1. The maximum atomic E-state index is 13.5. The molecule has 1 aromatic carbocycles. The largest absolute Gasteiger partial charge is 0.495 e. The molecule has 0 saturated heterocycles. The topological polar surface area (TPSA) is 79.4 Å². The molecule has 2 aromatic rings. The number of anilines is 3. The van der Waals surface area contributed by atoms with Gasteiger partial charge in [0, 0.05) is 31.9 Å². The number of nitrogens with zero attached hydrogens (tertiary/aromatic N) is 3. The molecule has 2 N–H and O–H groups in total. The van der Waals surface area contributed by atoms with Gasteiger partial charge in [0.2, 0.25) is 5.95 Å². The van der Waals surface area contributed by atoms with Crippen LogP contribution in [0, 0.1) is 0 Å². The van der Waals surface area contributed by atoms with Crippen LogP contribution in [0.5, 0.6) is 5.75 Å². The molecule has 7 nitrogen and oxygen atoms in total. The van der Waals surface area contributed by atoms with Gasteiger partial charge in [-0.25, -0.2) is 4.98 Å². The molecule has 1 aliphatic carbocycles. The number of amides is 1. The fourth-order valence-electron chi connectivity index (χ4n) is 3.51. The van der Waals surface area contributed by atoms with Crippen LogP contribution in [-0.4, -0.2) is 48.0 Å². The first-order valence-electron chi connectivity index (χ1n) is 10.1. The van der Waals surface area contributed by atoms with Crippen molar-refractivity contribution >= 4 is 23.4 Å². The van der Waals surface area contributed by atoms with Crippen LogP contribution in [-0.2, 0) is 6.18 Å². The van der Waals surface area contributed by atoms with Crippen LogP contribution < -0.4 is 15.4 Å². The van der Waals surface area contributed by atoms with Gasteiger partial charge < -0.3 is 20.3 Å². The Morgan fingerprint density at radius 3 is 2.52 bits per heavy atom. The molecule has 1 heterocycles. The predicted molar refractivity (Wildman–Crippen MR) is 112 cm³/mol. The molecule has 0 spiro atoms. The van der Waals surface area contributed by atoms with E-state index in [9.17, 15) is 18.0 Å². The highest BCUT2D eigenvalue weighted by Gasteiger charge is 2.36. The fraction of sp³-hybridized carbons (Fsp3) is 0.476. The molecule has 3 rings (SSSR count). The second kappa shape index (κ2) is 9.40. The smallest absolute Gasteiger partial charge is 0.421 e. The van der Waals surface area contributed by atoms with Crippen molar-refractivity contribution in [2.45, 2.75) is 44.3 Å². The normalized spacial score (nSPS) is 14.8. The Bertz CT molecular complexity index is 928. The summed E-state index contributed by atoms with van der Waals surface area (Å²) in [7, 11) is 4.71. The Morgan fingerprint density at radius 1 is 1.19 bits per heavy atom. The zero-order chi connectivity index (χ0) is 22.6. The maximum absolute atomic E-state index is 13.5. The van der Waals surface area contributed by atoms with Crippen molar-refractivity contribution in [3.8, 4) is 5.75 Å². The van der Waals surface area contributed by atoms with Crippen LogP contribution in [0.4, 0.5) is 30.6 Å². The Morgan fingerprint density at radius 2 is 1.90 bits per heavy atom. The zero-order valence-electron chi connectivity index (χ0n) is 17.7. The molecule has 1 aromatic heterocycles. The van der Waals surface area contributed by atoms with Crippen LogP contribution in [0.1, 0.15) is 48.0 Å². The van der Waals surface area contributed by atoms with Crippen molar-refractivity contribution in [2.75, 3.05) is 31.8 Å². The number of hydrogen-bond acceptors (Lipinski definition) is 6. The lowest BCUT2D eigenvalue weighted by Gasteiger charge is -2.25. The highest BCUT2D eigenvalue weighted by molar-refractivity contribution is 5.95. The second-order valence-corrected chi connectivity index (χ2v) is 7.67. The van der Waals surface area contributed by atoms with Gasteiger partial charge in [0.25, 0.3) is 5.91 Å². The lowest BCUT2D eigenvalue weighted by molar-refractivity contribution is -0.137. The average molecular weight is 437 g/mol. The lowest BCUT2D eigenvalue weighted by Crippen LogP contribution is -2.25. The first-order valence-corrected chi connectivity index (χ1v) is 10.1. The number of rotatable bonds is 6. The Balaban J connectivity index is 1.89. The summed E-state index contributed by atoms with van der Waals surface area (Å²) >= 11 is 0. The molecule has 10 heteroatoms. The third-order valence-corrected chi connectivity index (χ3v) is 5.14. The Hall–Kier alpha value is -3.04. The summed E-state index contributed by atoms with van der Waals surface area (Å²) in [6.45, 7) is 0. The minimum atomic E-state index is -4.57. The van der Waals surface area contributed by atoms with Crippen molar-refractivity contribution in [1.82, 2.24) is 14.9 Å². The average Bonchev–Trinajstić information content (AvgIpc) is 2.73. The van der Waals surface area contributed by atoms with E-state index >= 15 is 0 Å². The molecular formula is C21H26F3N5O2. The quantitative estimate of drug-likeness (QED) is 0.682. The van der Waals surface area contributed by atoms with E-state index in [2.05, 4.69) is 20.6 Å². The molecule has 1 saturated carbocycles. The van der Waals surface area contributed by atoms with E-state index in [1.807, 2.05) is 0 Å². The molecule has 168 valence electrons. The van der Waals surface area contributed by atoms with E-state index in [1.165, 1.54) is 12.0 Å². The Kier molecular flexibility index (Phi) is 6.87. The number of carbonyl (C=O) groups excluding carboxylic acids is 1. The van der Waals surface area contributed by atoms with Gasteiger partial charge in [-0.15, -0.1) is 0 Å².